The zero-order valence-electron chi connectivity index (χ0n) is 7.86. The Labute approximate surface area is 81.5 Å². The fourth-order valence-corrected chi connectivity index (χ4v) is 1.28. The maximum Gasteiger partial charge on any atom is 0.339 e. The van der Waals surface area contributed by atoms with Gasteiger partial charge in [0, 0.05) is 6.20 Å². The van der Waals surface area contributed by atoms with E-state index in [0.29, 0.717) is 11.3 Å². The van der Waals surface area contributed by atoms with Crippen LogP contribution in [0.5, 0.6) is 0 Å². The van der Waals surface area contributed by atoms with Crippen LogP contribution in [0.1, 0.15) is 28.9 Å². The second-order valence-electron chi connectivity index (χ2n) is 3.46. The highest BCUT2D eigenvalue weighted by Gasteiger charge is 2.43. The number of nitrogens with zero attached hydrogens (tertiary/aromatic N) is 1. The molecule has 1 saturated carbocycles. The summed E-state index contributed by atoms with van der Waals surface area (Å²) in [5, 5.41) is 9.71. The molecule has 4 nitrogen and oxygen atoms in total. The predicted molar refractivity (Wildman–Crippen MR) is 48.7 cm³/mol. The maximum atomic E-state index is 11.1. The molecule has 0 aromatic carbocycles. The highest BCUT2D eigenvalue weighted by molar-refractivity contribution is 5.88. The van der Waals surface area contributed by atoms with E-state index in [4.69, 9.17) is 0 Å². The van der Waals surface area contributed by atoms with Crippen molar-refractivity contribution in [2.24, 2.45) is 0 Å². The molecule has 1 aliphatic rings. The molecule has 0 unspecified atom stereocenters. The minimum absolute atomic E-state index is 0.403. The number of carbonyl (C=O) groups excluding carboxylic acids is 1. The molecule has 0 atom stereocenters. The van der Waals surface area contributed by atoms with Gasteiger partial charge < -0.3 is 9.84 Å². The van der Waals surface area contributed by atoms with E-state index in [1.165, 1.54) is 13.3 Å². The predicted octanol–water partition coefficient (Wildman–Crippen LogP) is 0.850. The van der Waals surface area contributed by atoms with Crippen LogP contribution in [-0.4, -0.2) is 23.2 Å². The molecule has 0 bridgehead atoms. The van der Waals surface area contributed by atoms with E-state index >= 15 is 0 Å². The molecule has 1 aliphatic carbocycles. The summed E-state index contributed by atoms with van der Waals surface area (Å²) in [6, 6.07) is 3.28. The lowest BCUT2D eigenvalue weighted by atomic mass is 10.2. The van der Waals surface area contributed by atoms with Gasteiger partial charge in [-0.15, -0.1) is 0 Å². The van der Waals surface area contributed by atoms with Gasteiger partial charge in [-0.1, -0.05) is 0 Å². The summed E-state index contributed by atoms with van der Waals surface area (Å²) in [6.07, 6.45) is 2.92. The molecule has 4 heteroatoms. The minimum Gasteiger partial charge on any atom is -0.465 e. The lowest BCUT2D eigenvalue weighted by Gasteiger charge is -2.06. The SMILES string of the molecule is COC(=O)c1ccc(C2(O)CC2)nc1. The van der Waals surface area contributed by atoms with Crippen molar-refractivity contribution < 1.29 is 14.6 Å². The van der Waals surface area contributed by atoms with E-state index in [2.05, 4.69) is 9.72 Å². The fourth-order valence-electron chi connectivity index (χ4n) is 1.28. The number of pyridine rings is 1. The zero-order valence-corrected chi connectivity index (χ0v) is 7.86. The summed E-state index contributed by atoms with van der Waals surface area (Å²) >= 11 is 0. The average Bonchev–Trinajstić information content (AvgIpc) is 2.97. The van der Waals surface area contributed by atoms with Crippen LogP contribution < -0.4 is 0 Å². The second-order valence-corrected chi connectivity index (χ2v) is 3.46. The molecule has 1 heterocycles. The summed E-state index contributed by atoms with van der Waals surface area (Å²) in [6.45, 7) is 0. The van der Waals surface area contributed by atoms with Crippen molar-refractivity contribution in [1.29, 1.82) is 0 Å². The molecule has 0 saturated heterocycles. The van der Waals surface area contributed by atoms with Gasteiger partial charge in [0.15, 0.2) is 0 Å². The third-order valence-electron chi connectivity index (χ3n) is 2.38. The van der Waals surface area contributed by atoms with E-state index in [1.807, 2.05) is 0 Å². The van der Waals surface area contributed by atoms with Gasteiger partial charge >= 0.3 is 5.97 Å². The summed E-state index contributed by atoms with van der Waals surface area (Å²) in [7, 11) is 1.32. The van der Waals surface area contributed by atoms with Crippen molar-refractivity contribution in [1.82, 2.24) is 4.98 Å². The number of hydrogen-bond acceptors (Lipinski definition) is 4. The van der Waals surface area contributed by atoms with E-state index in [9.17, 15) is 9.90 Å². The summed E-state index contributed by atoms with van der Waals surface area (Å²) in [4.78, 5) is 15.1. The number of rotatable bonds is 2. The highest BCUT2D eigenvalue weighted by Crippen LogP contribution is 2.44. The molecule has 0 radical (unpaired) electrons. The van der Waals surface area contributed by atoms with Gasteiger partial charge in [-0.25, -0.2) is 4.79 Å². The zero-order chi connectivity index (χ0) is 10.2. The van der Waals surface area contributed by atoms with Crippen molar-refractivity contribution in [2.75, 3.05) is 7.11 Å². The molecule has 2 rings (SSSR count). The lowest BCUT2D eigenvalue weighted by molar-refractivity contribution is 0.0599. The van der Waals surface area contributed by atoms with Crippen LogP contribution in [0, 0.1) is 0 Å². The fraction of sp³-hybridized carbons (Fsp3) is 0.400. The Kier molecular flexibility index (Phi) is 2.00. The van der Waals surface area contributed by atoms with Crippen molar-refractivity contribution in [3.05, 3.63) is 29.6 Å². The highest BCUT2D eigenvalue weighted by atomic mass is 16.5. The van der Waals surface area contributed by atoms with Crippen LogP contribution in [-0.2, 0) is 10.3 Å². The van der Waals surface area contributed by atoms with E-state index in [1.54, 1.807) is 12.1 Å². The molecule has 14 heavy (non-hydrogen) atoms. The quantitative estimate of drug-likeness (QED) is 0.707. The Bertz CT molecular complexity index is 354. The van der Waals surface area contributed by atoms with E-state index < -0.39 is 11.6 Å². The Morgan fingerprint density at radius 1 is 1.57 bits per heavy atom. The number of aliphatic hydroxyl groups is 1. The molecule has 74 valence electrons. The number of ether oxygens (including phenoxy) is 1. The summed E-state index contributed by atoms with van der Waals surface area (Å²) < 4.78 is 4.54. The van der Waals surface area contributed by atoms with Crippen LogP contribution in [0.2, 0.25) is 0 Å². The van der Waals surface area contributed by atoms with Crippen LogP contribution >= 0.6 is 0 Å². The number of methoxy groups -OCH3 is 1. The Hall–Kier alpha value is -1.42. The van der Waals surface area contributed by atoms with Crippen molar-refractivity contribution in [2.45, 2.75) is 18.4 Å². The van der Waals surface area contributed by atoms with Gasteiger partial charge in [0.2, 0.25) is 0 Å². The van der Waals surface area contributed by atoms with Crippen LogP contribution in [0.15, 0.2) is 18.3 Å². The molecular weight excluding hydrogens is 182 g/mol. The standard InChI is InChI=1S/C10H11NO3/c1-14-9(12)7-2-3-8(11-6-7)10(13)4-5-10/h2-3,6,13H,4-5H2,1H3. The Balaban J connectivity index is 2.22. The summed E-state index contributed by atoms with van der Waals surface area (Å²) in [5.41, 5.74) is 0.292. The lowest BCUT2D eigenvalue weighted by Crippen LogP contribution is -2.09. The first-order valence-corrected chi connectivity index (χ1v) is 4.43. The third-order valence-corrected chi connectivity index (χ3v) is 2.38. The first-order valence-electron chi connectivity index (χ1n) is 4.43. The van der Waals surface area contributed by atoms with Gasteiger partial charge in [0.1, 0.15) is 5.60 Å². The monoisotopic (exact) mass is 193 g/mol. The largest absolute Gasteiger partial charge is 0.465 e. The first kappa shape index (κ1) is 9.15. The normalized spacial score (nSPS) is 17.6. The molecule has 1 aromatic rings. The van der Waals surface area contributed by atoms with E-state index in [0.717, 1.165) is 12.8 Å². The molecule has 0 spiro atoms. The van der Waals surface area contributed by atoms with E-state index in [-0.39, 0.29) is 0 Å². The van der Waals surface area contributed by atoms with Crippen LogP contribution in [0.3, 0.4) is 0 Å². The molecule has 1 fully saturated rings. The average molecular weight is 193 g/mol. The van der Waals surface area contributed by atoms with Gasteiger partial charge in [-0.2, -0.15) is 0 Å². The van der Waals surface area contributed by atoms with Gasteiger partial charge in [0.05, 0.1) is 18.4 Å². The van der Waals surface area contributed by atoms with Crippen molar-refractivity contribution >= 4 is 5.97 Å². The van der Waals surface area contributed by atoms with Gasteiger partial charge in [0.25, 0.3) is 0 Å². The number of aromatic nitrogens is 1. The van der Waals surface area contributed by atoms with Crippen LogP contribution in [0.4, 0.5) is 0 Å². The van der Waals surface area contributed by atoms with Gasteiger partial charge in [-0.3, -0.25) is 4.98 Å². The number of carbonyl (C=O) groups is 1. The molecule has 1 N–H and O–H groups in total. The van der Waals surface area contributed by atoms with Gasteiger partial charge in [-0.05, 0) is 25.0 Å². The Morgan fingerprint density at radius 3 is 2.71 bits per heavy atom. The van der Waals surface area contributed by atoms with Crippen molar-refractivity contribution in [3.8, 4) is 0 Å². The Morgan fingerprint density at radius 2 is 2.29 bits per heavy atom. The number of hydrogen-bond donors (Lipinski definition) is 1. The first-order chi connectivity index (χ1) is 6.65. The van der Waals surface area contributed by atoms with Crippen molar-refractivity contribution in [3.63, 3.8) is 0 Å². The molecule has 1 aromatic heterocycles. The molecular formula is C10H11NO3. The van der Waals surface area contributed by atoms with Crippen LogP contribution in [0.25, 0.3) is 0 Å². The topological polar surface area (TPSA) is 59.4 Å². The molecule has 0 aliphatic heterocycles. The minimum atomic E-state index is -0.741. The number of esters is 1. The molecule has 0 amide bonds. The third kappa shape index (κ3) is 1.48. The smallest absolute Gasteiger partial charge is 0.339 e. The second kappa shape index (κ2) is 3.06. The summed E-state index contributed by atoms with van der Waals surface area (Å²) in [5.74, 6) is -0.410. The maximum absolute atomic E-state index is 11.1.